The Hall–Kier alpha value is -2.90. The first-order valence-electron chi connectivity index (χ1n) is 5.56. The van der Waals surface area contributed by atoms with E-state index in [4.69, 9.17) is 10.2 Å². The number of rotatable bonds is 4. The third kappa shape index (κ3) is 2.51. The summed E-state index contributed by atoms with van der Waals surface area (Å²) >= 11 is 0. The second-order valence-corrected chi connectivity index (χ2v) is 3.77. The molecule has 0 atom stereocenters. The van der Waals surface area contributed by atoms with Crippen molar-refractivity contribution in [3.63, 3.8) is 0 Å². The number of hydrogen-bond acceptors (Lipinski definition) is 7. The Labute approximate surface area is 108 Å². The Morgan fingerprint density at radius 1 is 1.32 bits per heavy atom. The summed E-state index contributed by atoms with van der Waals surface area (Å²) in [6, 6.07) is 1.86. The van der Waals surface area contributed by atoms with Gasteiger partial charge in [0.2, 0.25) is 17.8 Å². The summed E-state index contributed by atoms with van der Waals surface area (Å²) in [6.45, 7) is 0.545. The highest BCUT2D eigenvalue weighted by atomic mass is 16.3. The van der Waals surface area contributed by atoms with Crippen molar-refractivity contribution in [2.75, 3.05) is 11.1 Å². The molecule has 0 aromatic carbocycles. The predicted octanol–water partition coefficient (Wildman–Crippen LogP) is 0.845. The summed E-state index contributed by atoms with van der Waals surface area (Å²) in [5.74, 6) is 0.963. The molecule has 3 heterocycles. The average molecular weight is 257 g/mol. The monoisotopic (exact) mass is 257 g/mol. The molecule has 0 saturated carbocycles. The highest BCUT2D eigenvalue weighted by Gasteiger charge is 2.06. The number of nitrogens with one attached hydrogen (secondary N) is 1. The lowest BCUT2D eigenvalue weighted by atomic mass is 10.3. The van der Waals surface area contributed by atoms with Crippen LogP contribution in [0.25, 0.3) is 5.95 Å². The van der Waals surface area contributed by atoms with Crippen LogP contribution in [-0.4, -0.2) is 24.5 Å². The van der Waals surface area contributed by atoms with E-state index in [9.17, 15) is 0 Å². The van der Waals surface area contributed by atoms with E-state index in [1.54, 1.807) is 35.8 Å². The van der Waals surface area contributed by atoms with E-state index in [-0.39, 0.29) is 5.95 Å². The Morgan fingerprint density at radius 3 is 3.00 bits per heavy atom. The molecule has 3 aromatic heterocycles. The van der Waals surface area contributed by atoms with Crippen LogP contribution in [0.1, 0.15) is 5.56 Å². The van der Waals surface area contributed by atoms with Crippen LogP contribution < -0.4 is 11.1 Å². The second-order valence-electron chi connectivity index (χ2n) is 3.77. The molecule has 0 aliphatic rings. The van der Waals surface area contributed by atoms with Crippen molar-refractivity contribution >= 4 is 11.9 Å². The molecule has 0 amide bonds. The van der Waals surface area contributed by atoms with E-state index >= 15 is 0 Å². The van der Waals surface area contributed by atoms with Crippen molar-refractivity contribution < 1.29 is 4.42 Å². The van der Waals surface area contributed by atoms with Crippen LogP contribution in [-0.2, 0) is 6.54 Å². The fraction of sp³-hybridized carbons (Fsp3) is 0.0909. The van der Waals surface area contributed by atoms with Gasteiger partial charge in [0.1, 0.15) is 6.33 Å². The van der Waals surface area contributed by atoms with Crippen molar-refractivity contribution in [3.05, 3.63) is 42.9 Å². The molecule has 0 radical (unpaired) electrons. The van der Waals surface area contributed by atoms with Crippen LogP contribution >= 0.6 is 0 Å². The zero-order valence-corrected chi connectivity index (χ0v) is 9.89. The summed E-state index contributed by atoms with van der Waals surface area (Å²) < 4.78 is 6.63. The number of nitrogen functional groups attached to an aromatic ring is 1. The van der Waals surface area contributed by atoms with E-state index in [1.165, 1.54) is 0 Å². The molecular formula is C11H11N7O. The third-order valence-corrected chi connectivity index (χ3v) is 2.41. The van der Waals surface area contributed by atoms with Gasteiger partial charge in [0, 0.05) is 24.5 Å². The molecule has 3 N–H and O–H groups in total. The topological polar surface area (TPSA) is 108 Å². The minimum absolute atomic E-state index is 0.147. The maximum absolute atomic E-state index is 5.66. The zero-order valence-electron chi connectivity index (χ0n) is 9.89. The maximum Gasteiger partial charge on any atom is 0.241 e. The molecular weight excluding hydrogens is 246 g/mol. The molecule has 0 unspecified atom stereocenters. The van der Waals surface area contributed by atoms with Gasteiger partial charge in [-0.15, -0.1) is 0 Å². The number of hydrogen-bond donors (Lipinski definition) is 2. The molecule has 8 nitrogen and oxygen atoms in total. The fourth-order valence-corrected chi connectivity index (χ4v) is 1.53. The quantitative estimate of drug-likeness (QED) is 0.713. The van der Waals surface area contributed by atoms with Gasteiger partial charge < -0.3 is 15.5 Å². The smallest absolute Gasteiger partial charge is 0.241 e. The summed E-state index contributed by atoms with van der Waals surface area (Å²) in [6.07, 6.45) is 8.21. The van der Waals surface area contributed by atoms with Gasteiger partial charge in [-0.3, -0.25) is 4.57 Å². The van der Waals surface area contributed by atoms with Gasteiger partial charge in [-0.2, -0.15) is 15.0 Å². The third-order valence-electron chi connectivity index (χ3n) is 2.41. The summed E-state index contributed by atoms with van der Waals surface area (Å²) in [4.78, 5) is 16.3. The minimum atomic E-state index is 0.147. The average Bonchev–Trinajstić information content (AvgIpc) is 3.09. The number of imidazole rings is 1. The molecule has 0 fully saturated rings. The standard InChI is InChI=1S/C11H11N7O/c12-9-15-10(14-5-8-1-4-19-6-8)17-11(16-9)18-3-2-13-7-18/h1-4,6-7H,5H2,(H3,12,14,15,16,17). The number of nitrogens with zero attached hydrogens (tertiary/aromatic N) is 5. The van der Waals surface area contributed by atoms with Crippen LogP contribution in [0.5, 0.6) is 0 Å². The summed E-state index contributed by atoms with van der Waals surface area (Å²) in [5, 5.41) is 3.05. The first-order valence-corrected chi connectivity index (χ1v) is 5.56. The van der Waals surface area contributed by atoms with Gasteiger partial charge in [-0.05, 0) is 6.07 Å². The number of nitrogens with two attached hydrogens (primary N) is 1. The molecule has 0 bridgehead atoms. The van der Waals surface area contributed by atoms with Gasteiger partial charge in [-0.1, -0.05) is 0 Å². The molecule has 96 valence electrons. The SMILES string of the molecule is Nc1nc(NCc2ccoc2)nc(-n2ccnc2)n1. The van der Waals surface area contributed by atoms with Gasteiger partial charge in [0.25, 0.3) is 0 Å². The zero-order chi connectivity index (χ0) is 13.1. The summed E-state index contributed by atoms with van der Waals surface area (Å²) in [5.41, 5.74) is 6.65. The predicted molar refractivity (Wildman–Crippen MR) is 67.4 cm³/mol. The normalized spacial score (nSPS) is 10.5. The van der Waals surface area contributed by atoms with Crippen LogP contribution in [0.2, 0.25) is 0 Å². The van der Waals surface area contributed by atoms with Crippen LogP contribution in [0.15, 0.2) is 41.7 Å². The van der Waals surface area contributed by atoms with Crippen molar-refractivity contribution in [1.29, 1.82) is 0 Å². The molecule has 0 saturated heterocycles. The largest absolute Gasteiger partial charge is 0.472 e. The van der Waals surface area contributed by atoms with Crippen molar-refractivity contribution in [3.8, 4) is 5.95 Å². The fourth-order valence-electron chi connectivity index (χ4n) is 1.53. The Balaban J connectivity index is 1.82. The lowest BCUT2D eigenvalue weighted by molar-refractivity contribution is 0.564. The number of furan rings is 1. The molecule has 8 heteroatoms. The first kappa shape index (κ1) is 11.2. The Morgan fingerprint density at radius 2 is 2.26 bits per heavy atom. The number of anilines is 2. The second kappa shape index (κ2) is 4.77. The highest BCUT2D eigenvalue weighted by Crippen LogP contribution is 2.08. The van der Waals surface area contributed by atoms with E-state index in [1.807, 2.05) is 6.07 Å². The molecule has 0 spiro atoms. The van der Waals surface area contributed by atoms with Crippen molar-refractivity contribution in [2.45, 2.75) is 6.54 Å². The molecule has 3 aromatic rings. The van der Waals surface area contributed by atoms with Crippen molar-refractivity contribution in [2.24, 2.45) is 0 Å². The van der Waals surface area contributed by atoms with Gasteiger partial charge in [0.15, 0.2) is 0 Å². The van der Waals surface area contributed by atoms with E-state index in [2.05, 4.69) is 25.3 Å². The van der Waals surface area contributed by atoms with E-state index < -0.39 is 0 Å². The Kier molecular flexibility index (Phi) is 2.81. The van der Waals surface area contributed by atoms with Crippen LogP contribution in [0.4, 0.5) is 11.9 Å². The Bertz CT molecular complexity index is 648. The van der Waals surface area contributed by atoms with Gasteiger partial charge in [-0.25, -0.2) is 4.98 Å². The van der Waals surface area contributed by atoms with Crippen molar-refractivity contribution in [1.82, 2.24) is 24.5 Å². The van der Waals surface area contributed by atoms with Gasteiger partial charge in [0.05, 0.1) is 12.5 Å². The lowest BCUT2D eigenvalue weighted by Gasteiger charge is -2.06. The molecule has 0 aliphatic carbocycles. The molecule has 0 aliphatic heterocycles. The first-order chi connectivity index (χ1) is 9.31. The lowest BCUT2D eigenvalue weighted by Crippen LogP contribution is -2.10. The highest BCUT2D eigenvalue weighted by molar-refractivity contribution is 5.35. The van der Waals surface area contributed by atoms with E-state index in [0.29, 0.717) is 18.4 Å². The maximum atomic E-state index is 5.66. The molecule has 19 heavy (non-hydrogen) atoms. The van der Waals surface area contributed by atoms with Crippen LogP contribution in [0.3, 0.4) is 0 Å². The van der Waals surface area contributed by atoms with E-state index in [0.717, 1.165) is 5.56 Å². The minimum Gasteiger partial charge on any atom is -0.472 e. The molecule has 3 rings (SSSR count). The summed E-state index contributed by atoms with van der Waals surface area (Å²) in [7, 11) is 0. The number of aromatic nitrogens is 5. The van der Waals surface area contributed by atoms with Gasteiger partial charge >= 0.3 is 0 Å². The van der Waals surface area contributed by atoms with Crippen LogP contribution in [0, 0.1) is 0 Å².